The summed E-state index contributed by atoms with van der Waals surface area (Å²) in [7, 11) is 2.04. The predicted molar refractivity (Wildman–Crippen MR) is 106 cm³/mol. The van der Waals surface area contributed by atoms with Crippen LogP contribution in [0.15, 0.2) is 36.7 Å². The van der Waals surface area contributed by atoms with Gasteiger partial charge in [0, 0.05) is 19.2 Å². The SMILES string of the molecule is CC(C)c1cccc(OCc2nnc([C@H]3CC[C@H](n4ccnn4)CC3)n2C)c1. The summed E-state index contributed by atoms with van der Waals surface area (Å²) in [5.74, 6) is 3.73. The molecule has 2 aromatic heterocycles. The highest BCUT2D eigenvalue weighted by Crippen LogP contribution is 2.36. The molecule has 0 amide bonds. The average molecular weight is 380 g/mol. The lowest BCUT2D eigenvalue weighted by molar-refractivity contribution is 0.283. The van der Waals surface area contributed by atoms with Crippen molar-refractivity contribution in [1.29, 1.82) is 0 Å². The van der Waals surface area contributed by atoms with Gasteiger partial charge in [-0.15, -0.1) is 15.3 Å². The zero-order valence-electron chi connectivity index (χ0n) is 16.8. The average Bonchev–Trinajstić information content (AvgIpc) is 3.37. The lowest BCUT2D eigenvalue weighted by Crippen LogP contribution is -2.20. The van der Waals surface area contributed by atoms with Gasteiger partial charge in [0.2, 0.25) is 0 Å². The van der Waals surface area contributed by atoms with Gasteiger partial charge in [-0.25, -0.2) is 4.68 Å². The van der Waals surface area contributed by atoms with E-state index in [-0.39, 0.29) is 0 Å². The second-order valence-corrected chi connectivity index (χ2v) is 7.94. The molecule has 7 heteroatoms. The number of ether oxygens (including phenoxy) is 1. The molecule has 0 atom stereocenters. The molecule has 0 bridgehead atoms. The van der Waals surface area contributed by atoms with Crippen LogP contribution in [0.2, 0.25) is 0 Å². The molecule has 0 saturated heterocycles. The van der Waals surface area contributed by atoms with E-state index in [1.54, 1.807) is 6.20 Å². The summed E-state index contributed by atoms with van der Waals surface area (Å²) in [5.41, 5.74) is 1.28. The van der Waals surface area contributed by atoms with E-state index in [1.165, 1.54) is 5.56 Å². The Labute approximate surface area is 165 Å². The molecule has 0 spiro atoms. The first kappa shape index (κ1) is 18.7. The van der Waals surface area contributed by atoms with Crippen LogP contribution in [-0.4, -0.2) is 29.8 Å². The maximum Gasteiger partial charge on any atom is 0.170 e. The second kappa shape index (κ2) is 8.12. The van der Waals surface area contributed by atoms with Gasteiger partial charge in [0.1, 0.15) is 18.2 Å². The Hall–Kier alpha value is -2.70. The highest BCUT2D eigenvalue weighted by atomic mass is 16.5. The summed E-state index contributed by atoms with van der Waals surface area (Å²) in [5, 5.41) is 16.9. The molecule has 148 valence electrons. The van der Waals surface area contributed by atoms with Crippen LogP contribution in [0.25, 0.3) is 0 Å². The molecule has 0 N–H and O–H groups in total. The molecule has 1 fully saturated rings. The fraction of sp³-hybridized carbons (Fsp3) is 0.524. The quantitative estimate of drug-likeness (QED) is 0.646. The molecule has 1 aromatic carbocycles. The maximum absolute atomic E-state index is 5.99. The molecule has 1 aliphatic carbocycles. The lowest BCUT2D eigenvalue weighted by Gasteiger charge is -2.27. The molecule has 0 radical (unpaired) electrons. The van der Waals surface area contributed by atoms with Crippen LogP contribution in [0.5, 0.6) is 5.75 Å². The van der Waals surface area contributed by atoms with E-state index in [2.05, 4.69) is 51.1 Å². The Balaban J connectivity index is 1.37. The third-order valence-electron chi connectivity index (χ3n) is 5.77. The van der Waals surface area contributed by atoms with E-state index in [9.17, 15) is 0 Å². The van der Waals surface area contributed by atoms with Crippen molar-refractivity contribution in [2.75, 3.05) is 0 Å². The van der Waals surface area contributed by atoms with Crippen molar-refractivity contribution in [1.82, 2.24) is 29.8 Å². The number of nitrogens with zero attached hydrogens (tertiary/aromatic N) is 6. The minimum Gasteiger partial charge on any atom is -0.486 e. The van der Waals surface area contributed by atoms with E-state index >= 15 is 0 Å². The second-order valence-electron chi connectivity index (χ2n) is 7.94. The largest absolute Gasteiger partial charge is 0.486 e. The van der Waals surface area contributed by atoms with Crippen LogP contribution < -0.4 is 4.74 Å². The number of hydrogen-bond donors (Lipinski definition) is 0. The van der Waals surface area contributed by atoms with Crippen molar-refractivity contribution >= 4 is 0 Å². The van der Waals surface area contributed by atoms with Gasteiger partial charge in [-0.1, -0.05) is 31.2 Å². The van der Waals surface area contributed by atoms with Gasteiger partial charge in [-0.2, -0.15) is 0 Å². The van der Waals surface area contributed by atoms with Crippen molar-refractivity contribution in [3.8, 4) is 5.75 Å². The lowest BCUT2D eigenvalue weighted by atomic mass is 9.85. The molecule has 0 aliphatic heterocycles. The van der Waals surface area contributed by atoms with Crippen molar-refractivity contribution in [2.24, 2.45) is 7.05 Å². The van der Waals surface area contributed by atoms with Gasteiger partial charge in [0.25, 0.3) is 0 Å². The molecule has 2 heterocycles. The minimum atomic E-state index is 0.430. The standard InChI is InChI=1S/C21H28N6O/c1-15(2)17-5-4-6-19(13-17)28-14-20-23-24-21(26(20)3)16-7-9-18(10-8-16)27-12-11-22-25-27/h4-6,11-13,15-16,18H,7-10,14H2,1-3H3/t16-,18-. The van der Waals surface area contributed by atoms with Crippen LogP contribution >= 0.6 is 0 Å². The van der Waals surface area contributed by atoms with Crippen LogP contribution in [0.1, 0.15) is 74.6 Å². The third-order valence-corrected chi connectivity index (χ3v) is 5.77. The van der Waals surface area contributed by atoms with Crippen LogP contribution in [0.4, 0.5) is 0 Å². The first-order valence-corrected chi connectivity index (χ1v) is 10.1. The highest BCUT2D eigenvalue weighted by Gasteiger charge is 2.27. The monoisotopic (exact) mass is 380 g/mol. The van der Waals surface area contributed by atoms with E-state index in [1.807, 2.05) is 30.1 Å². The van der Waals surface area contributed by atoms with Crippen LogP contribution in [0, 0.1) is 0 Å². The van der Waals surface area contributed by atoms with Gasteiger partial charge in [0.05, 0.1) is 12.2 Å². The Kier molecular flexibility index (Phi) is 5.41. The van der Waals surface area contributed by atoms with E-state index < -0.39 is 0 Å². The summed E-state index contributed by atoms with van der Waals surface area (Å²) < 4.78 is 10.1. The zero-order chi connectivity index (χ0) is 19.5. The fourth-order valence-corrected chi connectivity index (χ4v) is 3.98. The van der Waals surface area contributed by atoms with Gasteiger partial charge in [0.15, 0.2) is 5.82 Å². The zero-order valence-corrected chi connectivity index (χ0v) is 16.8. The molecule has 3 aromatic rings. The first-order valence-electron chi connectivity index (χ1n) is 10.1. The van der Waals surface area contributed by atoms with E-state index in [0.717, 1.165) is 43.1 Å². The predicted octanol–water partition coefficient (Wildman–Crippen LogP) is 4.01. The molecular weight excluding hydrogens is 352 g/mol. The Morgan fingerprint density at radius 3 is 2.68 bits per heavy atom. The third kappa shape index (κ3) is 3.93. The van der Waals surface area contributed by atoms with Crippen LogP contribution in [-0.2, 0) is 13.7 Å². The molecule has 0 unspecified atom stereocenters. The Morgan fingerprint density at radius 2 is 1.96 bits per heavy atom. The minimum absolute atomic E-state index is 0.430. The molecule has 7 nitrogen and oxygen atoms in total. The van der Waals surface area contributed by atoms with Crippen LogP contribution in [0.3, 0.4) is 0 Å². The van der Waals surface area contributed by atoms with Crippen molar-refractivity contribution < 1.29 is 4.74 Å². The Morgan fingerprint density at radius 1 is 1.14 bits per heavy atom. The van der Waals surface area contributed by atoms with E-state index in [0.29, 0.717) is 24.5 Å². The van der Waals surface area contributed by atoms with Gasteiger partial charge < -0.3 is 9.30 Å². The number of hydrogen-bond acceptors (Lipinski definition) is 5. The smallest absolute Gasteiger partial charge is 0.170 e. The number of aromatic nitrogens is 6. The number of rotatable bonds is 6. The van der Waals surface area contributed by atoms with Gasteiger partial charge in [-0.05, 0) is 49.3 Å². The molecule has 28 heavy (non-hydrogen) atoms. The summed E-state index contributed by atoms with van der Waals surface area (Å²) >= 11 is 0. The van der Waals surface area contributed by atoms with Crippen molar-refractivity contribution in [3.05, 3.63) is 53.9 Å². The summed E-state index contributed by atoms with van der Waals surface area (Å²) in [6, 6.07) is 8.72. The van der Waals surface area contributed by atoms with Gasteiger partial charge >= 0.3 is 0 Å². The molecule has 1 saturated carbocycles. The van der Waals surface area contributed by atoms with Crippen molar-refractivity contribution in [2.45, 2.75) is 64.0 Å². The molecular formula is C21H28N6O. The summed E-state index contributed by atoms with van der Waals surface area (Å²) in [6.45, 7) is 4.80. The van der Waals surface area contributed by atoms with Gasteiger partial charge in [-0.3, -0.25) is 0 Å². The summed E-state index contributed by atoms with van der Waals surface area (Å²) in [4.78, 5) is 0. The van der Waals surface area contributed by atoms with Crippen molar-refractivity contribution in [3.63, 3.8) is 0 Å². The maximum atomic E-state index is 5.99. The molecule has 4 rings (SSSR count). The normalized spacial score (nSPS) is 19.9. The topological polar surface area (TPSA) is 70.7 Å². The Bertz CT molecular complexity index is 894. The molecule has 1 aliphatic rings. The van der Waals surface area contributed by atoms with E-state index in [4.69, 9.17) is 4.74 Å². The highest BCUT2D eigenvalue weighted by molar-refractivity contribution is 5.30. The first-order chi connectivity index (χ1) is 13.6. The summed E-state index contributed by atoms with van der Waals surface area (Å²) in [6.07, 6.45) is 8.07. The fourth-order valence-electron chi connectivity index (χ4n) is 3.98. The number of benzene rings is 1.